The molecule has 0 aliphatic heterocycles. The van der Waals surface area contributed by atoms with E-state index in [-0.39, 0.29) is 17.6 Å². The van der Waals surface area contributed by atoms with Gasteiger partial charge in [-0.05, 0) is 67.6 Å². The van der Waals surface area contributed by atoms with E-state index >= 15 is 0 Å². The van der Waals surface area contributed by atoms with Gasteiger partial charge in [-0.15, -0.1) is 0 Å². The number of aryl methyl sites for hydroxylation is 2. The SMILES string of the molecule is Cc1cccc(NC(=O)c2oc3c(c2C)/C(=N/NC(=O)c2ccc(-c4ccccc4)cc2)CCC3)c1. The molecule has 1 aliphatic carbocycles. The van der Waals surface area contributed by atoms with Crippen molar-refractivity contribution >= 4 is 23.2 Å². The van der Waals surface area contributed by atoms with E-state index in [0.29, 0.717) is 17.7 Å². The Kier molecular flexibility index (Phi) is 6.50. The summed E-state index contributed by atoms with van der Waals surface area (Å²) in [6.45, 7) is 3.83. The summed E-state index contributed by atoms with van der Waals surface area (Å²) in [4.78, 5) is 25.7. The first-order chi connectivity index (χ1) is 17.5. The van der Waals surface area contributed by atoms with E-state index in [0.717, 1.165) is 52.1 Å². The number of hydrazone groups is 1. The third-order valence-corrected chi connectivity index (χ3v) is 6.35. The number of rotatable bonds is 5. The van der Waals surface area contributed by atoms with Crippen LogP contribution in [0, 0.1) is 13.8 Å². The molecule has 0 fully saturated rings. The Balaban J connectivity index is 1.32. The Hall–Kier alpha value is -4.45. The molecule has 6 nitrogen and oxygen atoms in total. The lowest BCUT2D eigenvalue weighted by Crippen LogP contribution is -2.22. The van der Waals surface area contributed by atoms with Crippen LogP contribution >= 0.6 is 0 Å². The molecular formula is C30H27N3O3. The highest BCUT2D eigenvalue weighted by atomic mass is 16.4. The molecule has 1 aromatic heterocycles. The highest BCUT2D eigenvalue weighted by molar-refractivity contribution is 6.09. The molecule has 0 unspecified atom stereocenters. The zero-order valence-electron chi connectivity index (χ0n) is 20.3. The minimum absolute atomic E-state index is 0.277. The lowest BCUT2D eigenvalue weighted by atomic mass is 9.93. The van der Waals surface area contributed by atoms with Crippen molar-refractivity contribution in [1.82, 2.24) is 5.43 Å². The summed E-state index contributed by atoms with van der Waals surface area (Å²) in [6.07, 6.45) is 2.25. The summed E-state index contributed by atoms with van der Waals surface area (Å²) in [7, 11) is 0. The van der Waals surface area contributed by atoms with Gasteiger partial charge in [-0.2, -0.15) is 5.10 Å². The number of hydrogen-bond donors (Lipinski definition) is 2. The summed E-state index contributed by atoms with van der Waals surface area (Å²) in [5.74, 6) is 0.425. The molecule has 0 radical (unpaired) electrons. The van der Waals surface area contributed by atoms with Crippen LogP contribution in [0.25, 0.3) is 11.1 Å². The van der Waals surface area contributed by atoms with Gasteiger partial charge < -0.3 is 9.73 Å². The van der Waals surface area contributed by atoms with Crippen LogP contribution in [0.15, 0.2) is 88.4 Å². The van der Waals surface area contributed by atoms with Crippen LogP contribution in [0.1, 0.15) is 56.2 Å². The van der Waals surface area contributed by atoms with Gasteiger partial charge in [0.2, 0.25) is 0 Å². The van der Waals surface area contributed by atoms with Crippen LogP contribution in [-0.2, 0) is 6.42 Å². The van der Waals surface area contributed by atoms with Crippen LogP contribution in [0.5, 0.6) is 0 Å². The van der Waals surface area contributed by atoms with E-state index in [1.807, 2.05) is 80.6 Å². The van der Waals surface area contributed by atoms with Crippen molar-refractivity contribution in [3.63, 3.8) is 0 Å². The molecule has 4 aromatic rings. The Bertz CT molecular complexity index is 1450. The average Bonchev–Trinajstić information content (AvgIpc) is 3.25. The van der Waals surface area contributed by atoms with Crippen LogP contribution in [0.4, 0.5) is 5.69 Å². The van der Waals surface area contributed by atoms with E-state index in [2.05, 4.69) is 15.8 Å². The number of anilines is 1. The van der Waals surface area contributed by atoms with Gasteiger partial charge in [0.05, 0.1) is 5.71 Å². The highest BCUT2D eigenvalue weighted by Crippen LogP contribution is 2.30. The second-order valence-electron chi connectivity index (χ2n) is 8.97. The lowest BCUT2D eigenvalue weighted by Gasteiger charge is -2.13. The second kappa shape index (κ2) is 10.0. The van der Waals surface area contributed by atoms with Crippen LogP contribution in [-0.4, -0.2) is 17.5 Å². The number of amides is 2. The number of nitrogens with zero attached hydrogens (tertiary/aromatic N) is 1. The molecule has 0 saturated carbocycles. The fraction of sp³-hybridized carbons (Fsp3) is 0.167. The van der Waals surface area contributed by atoms with Gasteiger partial charge in [0.15, 0.2) is 5.76 Å². The van der Waals surface area contributed by atoms with E-state index in [9.17, 15) is 9.59 Å². The summed E-state index contributed by atoms with van der Waals surface area (Å²) in [5.41, 5.74) is 9.39. The van der Waals surface area contributed by atoms with E-state index in [1.165, 1.54) is 0 Å². The van der Waals surface area contributed by atoms with Crippen molar-refractivity contribution in [3.05, 3.63) is 113 Å². The number of carbonyl (C=O) groups is 2. The van der Waals surface area contributed by atoms with Crippen molar-refractivity contribution in [2.45, 2.75) is 33.1 Å². The van der Waals surface area contributed by atoms with Gasteiger partial charge in [0, 0.05) is 28.8 Å². The van der Waals surface area contributed by atoms with Gasteiger partial charge >= 0.3 is 0 Å². The van der Waals surface area contributed by atoms with Crippen LogP contribution < -0.4 is 10.7 Å². The van der Waals surface area contributed by atoms with Crippen molar-refractivity contribution in [3.8, 4) is 11.1 Å². The van der Waals surface area contributed by atoms with Gasteiger partial charge in [-0.1, -0.05) is 54.6 Å². The third-order valence-electron chi connectivity index (χ3n) is 6.35. The lowest BCUT2D eigenvalue weighted by molar-refractivity contribution is 0.0953. The minimum Gasteiger partial charge on any atom is -0.455 e. The molecule has 2 amide bonds. The predicted octanol–water partition coefficient (Wildman–Crippen LogP) is 6.29. The summed E-state index contributed by atoms with van der Waals surface area (Å²) in [6, 6.07) is 25.1. The number of hydrogen-bond acceptors (Lipinski definition) is 4. The molecule has 0 spiro atoms. The monoisotopic (exact) mass is 477 g/mol. The molecule has 180 valence electrons. The summed E-state index contributed by atoms with van der Waals surface area (Å²) >= 11 is 0. The molecule has 5 rings (SSSR count). The Morgan fingerprint density at radius 3 is 2.33 bits per heavy atom. The largest absolute Gasteiger partial charge is 0.455 e. The first-order valence-corrected chi connectivity index (χ1v) is 12.0. The molecule has 1 aliphatic rings. The zero-order chi connectivity index (χ0) is 25.1. The molecule has 3 aromatic carbocycles. The number of benzene rings is 3. The fourth-order valence-electron chi connectivity index (χ4n) is 4.53. The molecule has 0 atom stereocenters. The Morgan fingerprint density at radius 1 is 0.833 bits per heavy atom. The van der Waals surface area contributed by atoms with Gasteiger partial charge in [-0.25, -0.2) is 5.43 Å². The van der Waals surface area contributed by atoms with Gasteiger partial charge in [0.25, 0.3) is 11.8 Å². The van der Waals surface area contributed by atoms with E-state index < -0.39 is 0 Å². The van der Waals surface area contributed by atoms with E-state index in [4.69, 9.17) is 4.42 Å². The topological polar surface area (TPSA) is 83.7 Å². The first-order valence-electron chi connectivity index (χ1n) is 12.0. The van der Waals surface area contributed by atoms with E-state index in [1.54, 1.807) is 12.1 Å². The molecule has 1 heterocycles. The zero-order valence-corrected chi connectivity index (χ0v) is 20.3. The molecule has 2 N–H and O–H groups in total. The Morgan fingerprint density at radius 2 is 1.58 bits per heavy atom. The maximum absolute atomic E-state index is 12.9. The first kappa shape index (κ1) is 23.3. The predicted molar refractivity (Wildman–Crippen MR) is 141 cm³/mol. The van der Waals surface area contributed by atoms with Crippen LogP contribution in [0.3, 0.4) is 0 Å². The molecule has 36 heavy (non-hydrogen) atoms. The fourth-order valence-corrected chi connectivity index (χ4v) is 4.53. The quantitative estimate of drug-likeness (QED) is 0.332. The molecule has 0 bridgehead atoms. The molecule has 0 saturated heterocycles. The number of fused-ring (bicyclic) bond motifs is 1. The maximum Gasteiger partial charge on any atom is 0.291 e. The number of furan rings is 1. The minimum atomic E-state index is -0.297. The third kappa shape index (κ3) is 4.84. The number of carbonyl (C=O) groups excluding carboxylic acids is 2. The highest BCUT2D eigenvalue weighted by Gasteiger charge is 2.28. The van der Waals surface area contributed by atoms with Gasteiger partial charge in [-0.3, -0.25) is 9.59 Å². The standard InChI is InChI=1S/C30H27N3O3/c1-19-8-6-11-24(18-19)31-30(35)28-20(2)27-25(12-7-13-26(27)36-28)32-33-29(34)23-16-14-22(15-17-23)21-9-4-3-5-10-21/h3-6,8-11,14-18H,7,12-13H2,1-2H3,(H,31,35)(H,33,34)/b32-25+. The maximum atomic E-state index is 12.9. The molecule has 6 heteroatoms. The normalized spacial score (nSPS) is 13.8. The van der Waals surface area contributed by atoms with Crippen molar-refractivity contribution in [1.29, 1.82) is 0 Å². The van der Waals surface area contributed by atoms with Crippen molar-refractivity contribution in [2.75, 3.05) is 5.32 Å². The van der Waals surface area contributed by atoms with Crippen molar-refractivity contribution < 1.29 is 14.0 Å². The average molecular weight is 478 g/mol. The number of nitrogens with one attached hydrogen (secondary N) is 2. The van der Waals surface area contributed by atoms with Crippen molar-refractivity contribution in [2.24, 2.45) is 5.10 Å². The van der Waals surface area contributed by atoms with Gasteiger partial charge in [0.1, 0.15) is 5.76 Å². The Labute approximate surface area is 210 Å². The second-order valence-corrected chi connectivity index (χ2v) is 8.97. The summed E-state index contributed by atoms with van der Waals surface area (Å²) < 4.78 is 5.97. The van der Waals surface area contributed by atoms with Crippen LogP contribution in [0.2, 0.25) is 0 Å². The smallest absolute Gasteiger partial charge is 0.291 e. The molecular weight excluding hydrogens is 450 g/mol. The summed E-state index contributed by atoms with van der Waals surface area (Å²) in [5, 5.41) is 7.35.